The summed E-state index contributed by atoms with van der Waals surface area (Å²) in [6, 6.07) is 4.09. The number of hydrogen-bond acceptors (Lipinski definition) is 1. The van der Waals surface area contributed by atoms with Crippen molar-refractivity contribution in [2.45, 2.75) is 25.7 Å². The number of hydrogen-bond donors (Lipinski definition) is 0. The Morgan fingerprint density at radius 1 is 1.50 bits per heavy atom. The van der Waals surface area contributed by atoms with Crippen LogP contribution in [0.25, 0.3) is 0 Å². The Morgan fingerprint density at radius 3 is 2.58 bits per heavy atom. The Labute approximate surface area is 91.1 Å². The molecule has 0 nitrogen and oxygen atoms in total. The second-order valence-corrected chi connectivity index (χ2v) is 5.93. The molecule has 0 unspecified atom stereocenters. The lowest BCUT2D eigenvalue weighted by Crippen LogP contribution is -2.15. The third kappa shape index (κ3) is 2.48. The van der Waals surface area contributed by atoms with Crippen LogP contribution >= 0.6 is 38.9 Å². The Hall–Kier alpha value is 0.470. The van der Waals surface area contributed by atoms with Gasteiger partial charge in [-0.25, -0.2) is 0 Å². The quantitative estimate of drug-likeness (QED) is 0.709. The SMILES string of the molecule is CC(C)(CCBr)c1ccc(Cl)s1. The second-order valence-electron chi connectivity index (χ2n) is 3.43. The van der Waals surface area contributed by atoms with Crippen molar-refractivity contribution < 1.29 is 0 Å². The van der Waals surface area contributed by atoms with E-state index >= 15 is 0 Å². The molecule has 0 aliphatic heterocycles. The molecule has 12 heavy (non-hydrogen) atoms. The fourth-order valence-corrected chi connectivity index (χ4v) is 3.20. The van der Waals surface area contributed by atoms with Crippen LogP contribution < -0.4 is 0 Å². The first kappa shape index (κ1) is 10.6. The molecule has 1 aromatic heterocycles. The highest BCUT2D eigenvalue weighted by molar-refractivity contribution is 9.09. The van der Waals surface area contributed by atoms with Crippen molar-refractivity contribution in [3.8, 4) is 0 Å². The summed E-state index contributed by atoms with van der Waals surface area (Å²) in [6.45, 7) is 4.49. The van der Waals surface area contributed by atoms with Crippen molar-refractivity contribution in [3.63, 3.8) is 0 Å². The molecule has 0 saturated carbocycles. The van der Waals surface area contributed by atoms with Crippen LogP contribution in [0.4, 0.5) is 0 Å². The fraction of sp³-hybridized carbons (Fsp3) is 0.556. The minimum absolute atomic E-state index is 0.251. The van der Waals surface area contributed by atoms with Crippen LogP contribution in [0.1, 0.15) is 25.1 Å². The normalized spacial score (nSPS) is 12.0. The topological polar surface area (TPSA) is 0 Å². The van der Waals surface area contributed by atoms with Gasteiger partial charge < -0.3 is 0 Å². The number of thiophene rings is 1. The van der Waals surface area contributed by atoms with Crippen LogP contribution in [0.3, 0.4) is 0 Å². The molecule has 0 saturated heterocycles. The summed E-state index contributed by atoms with van der Waals surface area (Å²) >= 11 is 11.0. The molecule has 0 N–H and O–H groups in total. The monoisotopic (exact) mass is 266 g/mol. The molecular formula is C9H12BrClS. The molecule has 0 atom stereocenters. The largest absolute Gasteiger partial charge is 0.128 e. The van der Waals surface area contributed by atoms with E-state index in [1.807, 2.05) is 6.07 Å². The zero-order valence-electron chi connectivity index (χ0n) is 7.23. The van der Waals surface area contributed by atoms with Crippen molar-refractivity contribution in [3.05, 3.63) is 21.3 Å². The third-order valence-corrected chi connectivity index (χ3v) is 3.95. The molecule has 1 heterocycles. The third-order valence-electron chi connectivity index (χ3n) is 1.96. The van der Waals surface area contributed by atoms with Crippen molar-refractivity contribution in [1.82, 2.24) is 0 Å². The van der Waals surface area contributed by atoms with Crippen LogP contribution in [0.15, 0.2) is 12.1 Å². The maximum Gasteiger partial charge on any atom is 0.0931 e. The molecule has 0 aliphatic rings. The molecule has 0 radical (unpaired) electrons. The lowest BCUT2D eigenvalue weighted by Gasteiger charge is -2.21. The zero-order valence-corrected chi connectivity index (χ0v) is 10.4. The molecule has 0 bridgehead atoms. The number of halogens is 2. The highest BCUT2D eigenvalue weighted by Crippen LogP contribution is 2.34. The van der Waals surface area contributed by atoms with E-state index in [1.165, 1.54) is 4.88 Å². The molecule has 1 rings (SSSR count). The molecule has 0 spiro atoms. The van der Waals surface area contributed by atoms with E-state index < -0.39 is 0 Å². The van der Waals surface area contributed by atoms with E-state index in [0.29, 0.717) is 0 Å². The molecule has 3 heteroatoms. The average Bonchev–Trinajstić information content (AvgIpc) is 2.36. The lowest BCUT2D eigenvalue weighted by atomic mass is 9.89. The summed E-state index contributed by atoms with van der Waals surface area (Å²) in [5.74, 6) is 0. The summed E-state index contributed by atoms with van der Waals surface area (Å²) < 4.78 is 0.882. The minimum Gasteiger partial charge on any atom is -0.128 e. The molecular weight excluding hydrogens is 256 g/mol. The molecule has 0 fully saturated rings. The van der Waals surface area contributed by atoms with E-state index in [9.17, 15) is 0 Å². The fourth-order valence-electron chi connectivity index (χ4n) is 1.04. The predicted molar refractivity (Wildman–Crippen MR) is 60.8 cm³/mol. The Kier molecular flexibility index (Phi) is 3.62. The second kappa shape index (κ2) is 4.12. The maximum atomic E-state index is 5.87. The summed E-state index contributed by atoms with van der Waals surface area (Å²) in [7, 11) is 0. The van der Waals surface area contributed by atoms with Gasteiger partial charge in [-0.1, -0.05) is 41.4 Å². The maximum absolute atomic E-state index is 5.87. The highest BCUT2D eigenvalue weighted by Gasteiger charge is 2.21. The van der Waals surface area contributed by atoms with E-state index in [2.05, 4.69) is 35.8 Å². The Bertz CT molecular complexity index is 255. The number of alkyl halides is 1. The molecule has 68 valence electrons. The lowest BCUT2D eigenvalue weighted by molar-refractivity contribution is 0.523. The van der Waals surface area contributed by atoms with Gasteiger partial charge in [0.1, 0.15) is 0 Å². The van der Waals surface area contributed by atoms with Gasteiger partial charge in [-0.15, -0.1) is 11.3 Å². The first-order chi connectivity index (χ1) is 5.56. The van der Waals surface area contributed by atoms with Crippen LogP contribution in [-0.2, 0) is 5.41 Å². The Morgan fingerprint density at radius 2 is 2.17 bits per heavy atom. The van der Waals surface area contributed by atoms with E-state index in [0.717, 1.165) is 16.1 Å². The van der Waals surface area contributed by atoms with Gasteiger partial charge in [0, 0.05) is 10.2 Å². The molecule has 0 aliphatic carbocycles. The average molecular weight is 268 g/mol. The van der Waals surface area contributed by atoms with Crippen LogP contribution in [0, 0.1) is 0 Å². The highest BCUT2D eigenvalue weighted by atomic mass is 79.9. The summed E-state index contributed by atoms with van der Waals surface area (Å²) in [4.78, 5) is 1.37. The summed E-state index contributed by atoms with van der Waals surface area (Å²) in [6.07, 6.45) is 1.14. The standard InChI is InChI=1S/C9H12BrClS/c1-9(2,5-6-10)7-3-4-8(11)12-7/h3-4H,5-6H2,1-2H3. The van der Waals surface area contributed by atoms with Gasteiger partial charge in [-0.3, -0.25) is 0 Å². The van der Waals surface area contributed by atoms with E-state index in [-0.39, 0.29) is 5.41 Å². The number of rotatable bonds is 3. The van der Waals surface area contributed by atoms with E-state index in [1.54, 1.807) is 11.3 Å². The van der Waals surface area contributed by atoms with Crippen LogP contribution in [-0.4, -0.2) is 5.33 Å². The van der Waals surface area contributed by atoms with Gasteiger partial charge in [0.15, 0.2) is 0 Å². The van der Waals surface area contributed by atoms with Gasteiger partial charge in [0.05, 0.1) is 4.34 Å². The van der Waals surface area contributed by atoms with Gasteiger partial charge in [0.25, 0.3) is 0 Å². The first-order valence-electron chi connectivity index (χ1n) is 3.88. The molecule has 1 aromatic rings. The van der Waals surface area contributed by atoms with Gasteiger partial charge in [-0.2, -0.15) is 0 Å². The first-order valence-corrected chi connectivity index (χ1v) is 6.19. The predicted octanol–water partition coefficient (Wildman–Crippen LogP) is 4.46. The van der Waals surface area contributed by atoms with Crippen molar-refractivity contribution in [2.24, 2.45) is 0 Å². The molecule has 0 aromatic carbocycles. The molecule has 0 amide bonds. The van der Waals surface area contributed by atoms with Crippen LogP contribution in [0.5, 0.6) is 0 Å². The van der Waals surface area contributed by atoms with Gasteiger partial charge in [0.2, 0.25) is 0 Å². The summed E-state index contributed by atoms with van der Waals surface area (Å²) in [5.41, 5.74) is 0.251. The van der Waals surface area contributed by atoms with E-state index in [4.69, 9.17) is 11.6 Å². The van der Waals surface area contributed by atoms with Gasteiger partial charge >= 0.3 is 0 Å². The van der Waals surface area contributed by atoms with Crippen molar-refractivity contribution in [1.29, 1.82) is 0 Å². The summed E-state index contributed by atoms with van der Waals surface area (Å²) in [5, 5.41) is 1.04. The smallest absolute Gasteiger partial charge is 0.0931 e. The minimum atomic E-state index is 0.251. The Balaban J connectivity index is 2.81. The zero-order chi connectivity index (χ0) is 9.19. The van der Waals surface area contributed by atoms with Crippen molar-refractivity contribution >= 4 is 38.9 Å². The van der Waals surface area contributed by atoms with Crippen molar-refractivity contribution in [2.75, 3.05) is 5.33 Å². The van der Waals surface area contributed by atoms with Crippen LogP contribution in [0.2, 0.25) is 4.34 Å². The van der Waals surface area contributed by atoms with Gasteiger partial charge in [-0.05, 0) is 24.0 Å².